The molecule has 0 aromatic carbocycles. The molecule has 0 saturated carbocycles. The van der Waals surface area contributed by atoms with Gasteiger partial charge in [0.2, 0.25) is 5.91 Å². The van der Waals surface area contributed by atoms with Gasteiger partial charge in [-0.05, 0) is 12.0 Å². The predicted molar refractivity (Wildman–Crippen MR) is 69.8 cm³/mol. The van der Waals surface area contributed by atoms with Gasteiger partial charge in [-0.15, -0.1) is 0 Å². The molecule has 0 radical (unpaired) electrons. The number of hydrogen-bond acceptors (Lipinski definition) is 4. The number of anilines is 2. The minimum atomic E-state index is 0.0107. The van der Waals surface area contributed by atoms with E-state index in [0.29, 0.717) is 24.8 Å². The SMILES string of the molecule is CC(C)CNC(=O)CN(C)c1ccnc(N)c1. The molecule has 1 heterocycles. The predicted octanol–water partition coefficient (Wildman–Crippen LogP) is 0.872. The molecule has 0 fully saturated rings. The highest BCUT2D eigenvalue weighted by molar-refractivity contribution is 5.81. The molecule has 0 atom stereocenters. The maximum atomic E-state index is 11.6. The number of nitrogen functional groups attached to an aromatic ring is 1. The molecule has 1 aromatic heterocycles. The van der Waals surface area contributed by atoms with Crippen molar-refractivity contribution in [2.75, 3.05) is 30.8 Å². The first-order valence-electron chi connectivity index (χ1n) is 5.68. The van der Waals surface area contributed by atoms with E-state index in [2.05, 4.69) is 24.1 Å². The lowest BCUT2D eigenvalue weighted by Crippen LogP contribution is -2.36. The summed E-state index contributed by atoms with van der Waals surface area (Å²) in [6, 6.07) is 3.57. The molecule has 0 unspecified atom stereocenters. The second kappa shape index (κ2) is 6.08. The molecular formula is C12H20N4O. The highest BCUT2D eigenvalue weighted by Crippen LogP contribution is 2.13. The Kier molecular flexibility index (Phi) is 4.75. The van der Waals surface area contributed by atoms with Crippen LogP contribution in [0.15, 0.2) is 18.3 Å². The lowest BCUT2D eigenvalue weighted by Gasteiger charge is -2.19. The minimum Gasteiger partial charge on any atom is -0.384 e. The maximum absolute atomic E-state index is 11.6. The third-order valence-corrected chi connectivity index (χ3v) is 2.29. The number of nitrogens with one attached hydrogen (secondary N) is 1. The van der Waals surface area contributed by atoms with Crippen molar-refractivity contribution >= 4 is 17.4 Å². The second-order valence-electron chi connectivity index (χ2n) is 4.49. The Hall–Kier alpha value is -1.78. The summed E-state index contributed by atoms with van der Waals surface area (Å²) in [5.74, 6) is 0.925. The Balaban J connectivity index is 2.48. The molecule has 17 heavy (non-hydrogen) atoms. The Morgan fingerprint density at radius 2 is 2.29 bits per heavy atom. The van der Waals surface area contributed by atoms with Crippen molar-refractivity contribution in [2.45, 2.75) is 13.8 Å². The van der Waals surface area contributed by atoms with E-state index in [1.807, 2.05) is 18.0 Å². The first-order valence-corrected chi connectivity index (χ1v) is 5.68. The summed E-state index contributed by atoms with van der Waals surface area (Å²) in [6.45, 7) is 5.14. The van der Waals surface area contributed by atoms with Crippen LogP contribution < -0.4 is 16.0 Å². The van der Waals surface area contributed by atoms with Crippen LogP contribution in [0, 0.1) is 5.92 Å². The van der Waals surface area contributed by atoms with Crippen LogP contribution in [0.2, 0.25) is 0 Å². The monoisotopic (exact) mass is 236 g/mol. The van der Waals surface area contributed by atoms with Gasteiger partial charge in [-0.3, -0.25) is 4.79 Å². The molecule has 0 aliphatic heterocycles. The quantitative estimate of drug-likeness (QED) is 0.796. The van der Waals surface area contributed by atoms with Gasteiger partial charge in [0, 0.05) is 31.5 Å². The van der Waals surface area contributed by atoms with Crippen LogP contribution in [0.3, 0.4) is 0 Å². The molecule has 5 heteroatoms. The number of rotatable bonds is 5. The molecule has 0 bridgehead atoms. The Morgan fingerprint density at radius 1 is 1.59 bits per heavy atom. The van der Waals surface area contributed by atoms with E-state index in [4.69, 9.17) is 5.73 Å². The summed E-state index contributed by atoms with van der Waals surface area (Å²) in [6.07, 6.45) is 1.63. The van der Waals surface area contributed by atoms with Gasteiger partial charge in [0.05, 0.1) is 6.54 Å². The smallest absolute Gasteiger partial charge is 0.239 e. The van der Waals surface area contributed by atoms with Crippen molar-refractivity contribution < 1.29 is 4.79 Å². The Morgan fingerprint density at radius 3 is 2.88 bits per heavy atom. The third-order valence-electron chi connectivity index (χ3n) is 2.29. The fourth-order valence-electron chi connectivity index (χ4n) is 1.35. The molecule has 1 aromatic rings. The highest BCUT2D eigenvalue weighted by Gasteiger charge is 2.07. The molecule has 0 spiro atoms. The van der Waals surface area contributed by atoms with Crippen molar-refractivity contribution in [2.24, 2.45) is 5.92 Å². The summed E-state index contributed by atoms with van der Waals surface area (Å²) >= 11 is 0. The van der Waals surface area contributed by atoms with Gasteiger partial charge in [0.15, 0.2) is 0 Å². The third kappa shape index (κ3) is 4.72. The van der Waals surface area contributed by atoms with E-state index in [1.165, 1.54) is 0 Å². The van der Waals surface area contributed by atoms with Gasteiger partial charge in [0.1, 0.15) is 5.82 Å². The molecule has 0 saturated heterocycles. The standard InChI is InChI=1S/C12H20N4O/c1-9(2)7-15-12(17)8-16(3)10-4-5-14-11(13)6-10/h4-6,9H,7-8H2,1-3H3,(H2,13,14)(H,15,17). The fraction of sp³-hybridized carbons (Fsp3) is 0.500. The summed E-state index contributed by atoms with van der Waals surface area (Å²) in [4.78, 5) is 17.4. The molecule has 5 nitrogen and oxygen atoms in total. The number of carbonyl (C=O) groups excluding carboxylic acids is 1. The van der Waals surface area contributed by atoms with E-state index in [9.17, 15) is 4.79 Å². The normalized spacial score (nSPS) is 10.4. The fourth-order valence-corrected chi connectivity index (χ4v) is 1.35. The average molecular weight is 236 g/mol. The molecule has 0 aliphatic rings. The number of likely N-dealkylation sites (N-methyl/N-ethyl adjacent to an activating group) is 1. The molecule has 1 rings (SSSR count). The number of aromatic nitrogens is 1. The van der Waals surface area contributed by atoms with Gasteiger partial charge in [-0.25, -0.2) is 4.98 Å². The van der Waals surface area contributed by atoms with Crippen molar-refractivity contribution in [3.05, 3.63) is 18.3 Å². The number of nitrogens with zero attached hydrogens (tertiary/aromatic N) is 2. The van der Waals surface area contributed by atoms with Crippen molar-refractivity contribution in [3.63, 3.8) is 0 Å². The van der Waals surface area contributed by atoms with E-state index in [1.54, 1.807) is 12.3 Å². The maximum Gasteiger partial charge on any atom is 0.239 e. The minimum absolute atomic E-state index is 0.0107. The van der Waals surface area contributed by atoms with Gasteiger partial charge >= 0.3 is 0 Å². The molecule has 1 amide bonds. The van der Waals surface area contributed by atoms with Gasteiger partial charge in [-0.2, -0.15) is 0 Å². The lowest BCUT2D eigenvalue weighted by molar-refractivity contribution is -0.119. The largest absolute Gasteiger partial charge is 0.384 e. The molecule has 94 valence electrons. The van der Waals surface area contributed by atoms with E-state index in [0.717, 1.165) is 5.69 Å². The van der Waals surface area contributed by atoms with Gasteiger partial charge in [0.25, 0.3) is 0 Å². The van der Waals surface area contributed by atoms with Crippen LogP contribution in [0.1, 0.15) is 13.8 Å². The van der Waals surface area contributed by atoms with Crippen LogP contribution in [0.5, 0.6) is 0 Å². The first kappa shape index (κ1) is 13.3. The van der Waals surface area contributed by atoms with Gasteiger partial charge in [-0.1, -0.05) is 13.8 Å². The zero-order valence-corrected chi connectivity index (χ0v) is 10.6. The van der Waals surface area contributed by atoms with Crippen molar-refractivity contribution in [3.8, 4) is 0 Å². The van der Waals surface area contributed by atoms with Crippen molar-refractivity contribution in [1.29, 1.82) is 0 Å². The summed E-state index contributed by atoms with van der Waals surface area (Å²) < 4.78 is 0. The number of carbonyl (C=O) groups is 1. The van der Waals surface area contributed by atoms with Crippen LogP contribution in [-0.2, 0) is 4.79 Å². The first-order chi connectivity index (χ1) is 7.99. The van der Waals surface area contributed by atoms with E-state index < -0.39 is 0 Å². The summed E-state index contributed by atoms with van der Waals surface area (Å²) in [7, 11) is 1.85. The lowest BCUT2D eigenvalue weighted by atomic mass is 10.2. The van der Waals surface area contributed by atoms with E-state index >= 15 is 0 Å². The Labute approximate surface area is 102 Å². The van der Waals surface area contributed by atoms with Crippen LogP contribution in [0.4, 0.5) is 11.5 Å². The summed E-state index contributed by atoms with van der Waals surface area (Å²) in [5, 5.41) is 2.87. The second-order valence-corrected chi connectivity index (χ2v) is 4.49. The Bertz CT molecular complexity index is 379. The number of pyridine rings is 1. The number of hydrogen-bond donors (Lipinski definition) is 2. The molecular weight excluding hydrogens is 216 g/mol. The molecule has 0 aliphatic carbocycles. The highest BCUT2D eigenvalue weighted by atomic mass is 16.2. The van der Waals surface area contributed by atoms with Crippen LogP contribution in [0.25, 0.3) is 0 Å². The zero-order chi connectivity index (χ0) is 12.8. The molecule has 3 N–H and O–H groups in total. The van der Waals surface area contributed by atoms with Crippen LogP contribution >= 0.6 is 0 Å². The number of amides is 1. The van der Waals surface area contributed by atoms with Gasteiger partial charge < -0.3 is 16.0 Å². The summed E-state index contributed by atoms with van der Waals surface area (Å²) in [5.41, 5.74) is 6.47. The van der Waals surface area contributed by atoms with E-state index in [-0.39, 0.29) is 5.91 Å². The topological polar surface area (TPSA) is 71.2 Å². The number of nitrogens with two attached hydrogens (primary N) is 1. The average Bonchev–Trinajstić information content (AvgIpc) is 2.26. The zero-order valence-electron chi connectivity index (χ0n) is 10.6. The van der Waals surface area contributed by atoms with Crippen molar-refractivity contribution in [1.82, 2.24) is 10.3 Å². The van der Waals surface area contributed by atoms with Crippen LogP contribution in [-0.4, -0.2) is 31.0 Å².